The second kappa shape index (κ2) is 12.2. The van der Waals surface area contributed by atoms with Crippen molar-refractivity contribution in [1.82, 2.24) is 15.1 Å². The average molecular weight is 416 g/mol. The number of carbonyl (C=O) groups excluding carboxylic acids is 1. The predicted octanol–water partition coefficient (Wildman–Crippen LogP) is 2.03. The first-order chi connectivity index (χ1) is 11.2. The molecular formula is C12H23Cl2F3N3O3P. The maximum atomic E-state index is 12.1. The zero-order valence-electron chi connectivity index (χ0n) is 13.0. The fourth-order valence-electron chi connectivity index (χ4n) is 1.66. The summed E-state index contributed by atoms with van der Waals surface area (Å²) < 4.78 is 43.3. The van der Waals surface area contributed by atoms with Gasteiger partial charge in [0.2, 0.25) is 0 Å². The Balaban J connectivity index is 4.68. The second-order valence-electron chi connectivity index (χ2n) is 4.58. The second-order valence-corrected chi connectivity index (χ2v) is 7.83. The maximum absolute atomic E-state index is 12.1. The van der Waals surface area contributed by atoms with E-state index >= 15 is 0 Å². The molecule has 0 fully saturated rings. The zero-order valence-corrected chi connectivity index (χ0v) is 15.6. The Labute approximate surface area is 149 Å². The molecule has 0 aromatic rings. The SMILES string of the molecule is C=CCCO[PH](O)(NCCNC(=O)C(F)(F)F)N(CCCl)CCCl. The van der Waals surface area contributed by atoms with Gasteiger partial charge in [0, 0.05) is 0 Å². The summed E-state index contributed by atoms with van der Waals surface area (Å²) in [5, 5.41) is 4.40. The number of hydrogen-bond acceptors (Lipinski definition) is 5. The van der Waals surface area contributed by atoms with Crippen LogP contribution in [0.5, 0.6) is 0 Å². The summed E-state index contributed by atoms with van der Waals surface area (Å²) in [5.41, 5.74) is 0. The number of alkyl halides is 5. The molecule has 0 unspecified atom stereocenters. The van der Waals surface area contributed by atoms with E-state index in [0.29, 0.717) is 6.42 Å². The molecule has 0 radical (unpaired) electrons. The standard InChI is InChI=1S/C12H23Cl2F3N3O3P/c1-2-3-10-23-24(22,20(8-4-13)9-5-14)19-7-6-18-11(21)12(15,16)17/h2,19,22,24H,1,3-10H2,(H,18,21). The van der Waals surface area contributed by atoms with Crippen LogP contribution in [0, 0.1) is 0 Å². The van der Waals surface area contributed by atoms with Crippen LogP contribution in [0.4, 0.5) is 13.2 Å². The Morgan fingerprint density at radius 2 is 1.88 bits per heavy atom. The summed E-state index contributed by atoms with van der Waals surface area (Å²) >= 11 is 11.4. The van der Waals surface area contributed by atoms with Crippen molar-refractivity contribution in [3.05, 3.63) is 12.7 Å². The molecule has 0 saturated heterocycles. The number of nitrogens with one attached hydrogen (secondary N) is 2. The van der Waals surface area contributed by atoms with Gasteiger partial charge in [-0.25, -0.2) is 0 Å². The van der Waals surface area contributed by atoms with Crippen molar-refractivity contribution in [1.29, 1.82) is 0 Å². The summed E-state index contributed by atoms with van der Waals surface area (Å²) in [6.07, 6.45) is -2.86. The number of rotatable bonds is 13. The Morgan fingerprint density at radius 1 is 1.29 bits per heavy atom. The molecule has 0 rings (SSSR count). The zero-order chi connectivity index (χ0) is 18.6. The van der Waals surface area contributed by atoms with Gasteiger partial charge in [-0.3, -0.25) is 0 Å². The first-order valence-electron chi connectivity index (χ1n) is 7.15. The van der Waals surface area contributed by atoms with Crippen LogP contribution in [-0.4, -0.2) is 66.2 Å². The van der Waals surface area contributed by atoms with Crippen LogP contribution < -0.4 is 10.4 Å². The van der Waals surface area contributed by atoms with E-state index in [1.54, 1.807) is 16.1 Å². The molecule has 1 amide bonds. The summed E-state index contributed by atoms with van der Waals surface area (Å²) in [4.78, 5) is 21.5. The molecule has 0 aromatic heterocycles. The molecule has 12 heteroatoms. The van der Waals surface area contributed by atoms with Crippen LogP contribution in [0.15, 0.2) is 12.7 Å². The van der Waals surface area contributed by atoms with E-state index in [2.05, 4.69) is 11.7 Å². The third-order valence-corrected chi connectivity index (χ3v) is 5.75. The molecule has 0 aliphatic heterocycles. The Bertz CT molecular complexity index is 388. The number of halogens is 5. The van der Waals surface area contributed by atoms with Crippen LogP contribution in [0.2, 0.25) is 0 Å². The van der Waals surface area contributed by atoms with Crippen molar-refractivity contribution in [2.75, 3.05) is 44.5 Å². The summed E-state index contributed by atoms with van der Waals surface area (Å²) in [6, 6.07) is 0. The van der Waals surface area contributed by atoms with Crippen molar-refractivity contribution in [2.45, 2.75) is 12.6 Å². The number of nitrogens with zero attached hydrogens (tertiary/aromatic N) is 1. The van der Waals surface area contributed by atoms with Crippen molar-refractivity contribution >= 4 is 37.1 Å². The molecule has 3 N–H and O–H groups in total. The quantitative estimate of drug-likeness (QED) is 0.186. The van der Waals surface area contributed by atoms with E-state index in [9.17, 15) is 22.9 Å². The number of carbonyl (C=O) groups is 1. The number of hydrogen-bond donors (Lipinski definition) is 3. The van der Waals surface area contributed by atoms with Gasteiger partial charge in [-0.1, -0.05) is 0 Å². The van der Waals surface area contributed by atoms with Crippen LogP contribution >= 0.6 is 31.2 Å². The van der Waals surface area contributed by atoms with Gasteiger partial charge in [0.25, 0.3) is 0 Å². The van der Waals surface area contributed by atoms with Gasteiger partial charge in [0.1, 0.15) is 0 Å². The van der Waals surface area contributed by atoms with Gasteiger partial charge in [-0.05, 0) is 0 Å². The Morgan fingerprint density at radius 3 is 2.33 bits per heavy atom. The predicted molar refractivity (Wildman–Crippen MR) is 91.4 cm³/mol. The van der Waals surface area contributed by atoms with Gasteiger partial charge in [0.05, 0.1) is 0 Å². The molecule has 24 heavy (non-hydrogen) atoms. The first kappa shape index (κ1) is 23.9. The summed E-state index contributed by atoms with van der Waals surface area (Å²) in [7, 11) is -3.64. The van der Waals surface area contributed by atoms with E-state index in [1.807, 2.05) is 0 Å². The molecule has 0 aromatic carbocycles. The minimum absolute atomic E-state index is 0.111. The topological polar surface area (TPSA) is 73.8 Å². The average Bonchev–Trinajstić information content (AvgIpc) is 2.50. The van der Waals surface area contributed by atoms with Crippen molar-refractivity contribution in [3.8, 4) is 0 Å². The fraction of sp³-hybridized carbons (Fsp3) is 0.750. The van der Waals surface area contributed by atoms with E-state index < -0.39 is 20.1 Å². The molecule has 0 bridgehead atoms. The monoisotopic (exact) mass is 415 g/mol. The molecule has 144 valence electrons. The van der Waals surface area contributed by atoms with E-state index in [4.69, 9.17) is 27.7 Å². The van der Waals surface area contributed by atoms with Gasteiger partial charge in [-0.15, -0.1) is 0 Å². The molecule has 0 spiro atoms. The van der Waals surface area contributed by atoms with Gasteiger partial charge >= 0.3 is 149 Å². The van der Waals surface area contributed by atoms with Gasteiger partial charge in [-0.2, -0.15) is 0 Å². The molecule has 0 heterocycles. The van der Waals surface area contributed by atoms with Crippen LogP contribution in [-0.2, 0) is 9.32 Å². The normalized spacial score (nSPS) is 13.1. The van der Waals surface area contributed by atoms with E-state index in [0.717, 1.165) is 0 Å². The minimum atomic E-state index is -4.95. The summed E-state index contributed by atoms with van der Waals surface area (Å²) in [5.74, 6) is -1.62. The fourth-order valence-corrected chi connectivity index (χ4v) is 4.54. The van der Waals surface area contributed by atoms with Gasteiger partial charge in [0.15, 0.2) is 0 Å². The van der Waals surface area contributed by atoms with Crippen molar-refractivity contribution in [2.24, 2.45) is 0 Å². The first-order valence-corrected chi connectivity index (χ1v) is 10.0. The summed E-state index contributed by atoms with van der Waals surface area (Å²) in [6.45, 7) is 3.85. The third kappa shape index (κ3) is 9.36. The van der Waals surface area contributed by atoms with Crippen LogP contribution in [0.1, 0.15) is 6.42 Å². The number of amides is 1. The molecule has 0 aliphatic carbocycles. The third-order valence-electron chi connectivity index (χ3n) is 2.79. The molecule has 0 atom stereocenters. The molecule has 0 saturated carbocycles. The van der Waals surface area contributed by atoms with Crippen molar-refractivity contribution < 1.29 is 27.4 Å². The van der Waals surface area contributed by atoms with E-state index in [-0.39, 0.29) is 44.5 Å². The Kier molecular flexibility index (Phi) is 12.2. The Hall–Kier alpha value is -0.150. The van der Waals surface area contributed by atoms with Crippen molar-refractivity contribution in [3.63, 3.8) is 0 Å². The van der Waals surface area contributed by atoms with E-state index in [1.165, 1.54) is 0 Å². The van der Waals surface area contributed by atoms with Crippen LogP contribution in [0.25, 0.3) is 0 Å². The molecular weight excluding hydrogens is 393 g/mol. The molecule has 0 aliphatic rings. The van der Waals surface area contributed by atoms with Crippen LogP contribution in [0.3, 0.4) is 0 Å². The van der Waals surface area contributed by atoms with Gasteiger partial charge < -0.3 is 0 Å². The molecule has 6 nitrogen and oxygen atoms in total.